The van der Waals surface area contributed by atoms with Gasteiger partial charge in [-0.05, 0) is 44.0 Å². The highest BCUT2D eigenvalue weighted by molar-refractivity contribution is 5.89. The molecule has 0 aliphatic carbocycles. The first kappa shape index (κ1) is 19.1. The number of amides is 2. The van der Waals surface area contributed by atoms with Crippen LogP contribution in [0, 0.1) is 0 Å². The zero-order valence-electron chi connectivity index (χ0n) is 15.8. The van der Waals surface area contributed by atoms with Crippen molar-refractivity contribution in [2.75, 3.05) is 32.2 Å². The van der Waals surface area contributed by atoms with Crippen molar-refractivity contribution < 1.29 is 23.4 Å². The molecule has 0 bridgehead atoms. The zero-order valence-corrected chi connectivity index (χ0v) is 15.8. The van der Waals surface area contributed by atoms with Crippen molar-refractivity contribution in [3.63, 3.8) is 0 Å². The van der Waals surface area contributed by atoms with Crippen molar-refractivity contribution in [2.24, 2.45) is 0 Å². The van der Waals surface area contributed by atoms with E-state index in [0.717, 1.165) is 25.2 Å². The third-order valence-corrected chi connectivity index (χ3v) is 4.38. The largest absolute Gasteiger partial charge is 0.493 e. The van der Waals surface area contributed by atoms with E-state index >= 15 is 0 Å². The normalized spacial score (nSPS) is 16.1. The van der Waals surface area contributed by atoms with Gasteiger partial charge in [0.2, 0.25) is 0 Å². The topological polar surface area (TPSA) is 73.2 Å². The second-order valence-electron chi connectivity index (χ2n) is 6.32. The van der Waals surface area contributed by atoms with Crippen LogP contribution in [0.3, 0.4) is 0 Å². The molecule has 1 N–H and O–H groups in total. The Balaban J connectivity index is 1.71. The van der Waals surface area contributed by atoms with Gasteiger partial charge in [0.25, 0.3) is 0 Å². The van der Waals surface area contributed by atoms with E-state index in [1.807, 2.05) is 19.1 Å². The van der Waals surface area contributed by atoms with Gasteiger partial charge in [-0.25, -0.2) is 4.79 Å². The van der Waals surface area contributed by atoms with Crippen molar-refractivity contribution in [2.45, 2.75) is 32.4 Å². The van der Waals surface area contributed by atoms with Gasteiger partial charge in [0.15, 0.2) is 11.5 Å². The van der Waals surface area contributed by atoms with Crippen molar-refractivity contribution >= 4 is 11.7 Å². The Labute approximate surface area is 159 Å². The minimum absolute atomic E-state index is 0.0561. The van der Waals surface area contributed by atoms with E-state index in [1.54, 1.807) is 36.5 Å². The molecule has 27 heavy (non-hydrogen) atoms. The quantitative estimate of drug-likeness (QED) is 0.759. The average Bonchev–Trinajstić information content (AvgIpc) is 3.36. The first-order valence-corrected chi connectivity index (χ1v) is 9.20. The average molecular weight is 374 g/mol. The van der Waals surface area contributed by atoms with E-state index in [2.05, 4.69) is 5.32 Å². The first-order chi connectivity index (χ1) is 13.2. The smallest absolute Gasteiger partial charge is 0.322 e. The second-order valence-corrected chi connectivity index (χ2v) is 6.32. The van der Waals surface area contributed by atoms with Crippen LogP contribution in [-0.2, 0) is 11.3 Å². The number of carbonyl (C=O) groups excluding carboxylic acids is 1. The van der Waals surface area contributed by atoms with E-state index in [9.17, 15) is 4.79 Å². The first-order valence-electron chi connectivity index (χ1n) is 9.20. The van der Waals surface area contributed by atoms with Crippen LogP contribution in [0.4, 0.5) is 10.5 Å². The van der Waals surface area contributed by atoms with Crippen LogP contribution < -0.4 is 14.8 Å². The molecule has 1 saturated heterocycles. The Morgan fingerprint density at radius 1 is 1.33 bits per heavy atom. The lowest BCUT2D eigenvalue weighted by molar-refractivity contribution is 0.0803. The summed E-state index contributed by atoms with van der Waals surface area (Å²) in [7, 11) is 1.59. The van der Waals surface area contributed by atoms with Gasteiger partial charge in [0, 0.05) is 24.9 Å². The molecule has 1 atom stereocenters. The number of urea groups is 1. The number of rotatable bonds is 8. The Bertz CT molecular complexity index is 726. The number of nitrogens with one attached hydrogen (secondary N) is 1. The molecule has 1 aromatic heterocycles. The number of carbonyl (C=O) groups is 1. The summed E-state index contributed by atoms with van der Waals surface area (Å²) in [6.07, 6.45) is 3.64. The summed E-state index contributed by atoms with van der Waals surface area (Å²) in [6.45, 7) is 4.06. The molecule has 1 aliphatic rings. The van der Waals surface area contributed by atoms with Crippen LogP contribution in [0.5, 0.6) is 11.5 Å². The van der Waals surface area contributed by atoms with E-state index in [1.165, 1.54) is 0 Å². The summed E-state index contributed by atoms with van der Waals surface area (Å²) in [5.74, 6) is 1.95. The van der Waals surface area contributed by atoms with Crippen LogP contribution in [0.15, 0.2) is 41.0 Å². The summed E-state index contributed by atoms with van der Waals surface area (Å²) in [5, 5.41) is 2.93. The molecule has 3 rings (SSSR count). The maximum Gasteiger partial charge on any atom is 0.322 e. The predicted molar refractivity (Wildman–Crippen MR) is 101 cm³/mol. The van der Waals surface area contributed by atoms with Gasteiger partial charge in [-0.1, -0.05) is 0 Å². The summed E-state index contributed by atoms with van der Waals surface area (Å²) >= 11 is 0. The molecule has 2 heterocycles. The van der Waals surface area contributed by atoms with E-state index in [0.29, 0.717) is 36.9 Å². The van der Waals surface area contributed by atoms with Crippen LogP contribution >= 0.6 is 0 Å². The van der Waals surface area contributed by atoms with Crippen LogP contribution in [0.2, 0.25) is 0 Å². The number of nitrogens with zero attached hydrogens (tertiary/aromatic N) is 1. The molecule has 1 aliphatic heterocycles. The van der Waals surface area contributed by atoms with Crippen LogP contribution in [0.1, 0.15) is 25.5 Å². The Hall–Kier alpha value is -2.67. The standard InChI is InChI=1S/C20H26N2O5/c1-3-25-19-12-15(8-9-18(19)24-2)21-20(23)22(13-16-6-4-10-26-16)14-17-7-5-11-27-17/h4,6,8-10,12,17H,3,5,7,11,13-14H2,1-2H3,(H,21,23). The molecule has 2 amide bonds. The van der Waals surface area contributed by atoms with Gasteiger partial charge in [0.05, 0.1) is 32.6 Å². The second kappa shape index (κ2) is 9.32. The van der Waals surface area contributed by atoms with Gasteiger partial charge in [-0.2, -0.15) is 0 Å². The molecule has 0 saturated carbocycles. The highest BCUT2D eigenvalue weighted by atomic mass is 16.5. The number of methoxy groups -OCH3 is 1. The highest BCUT2D eigenvalue weighted by Crippen LogP contribution is 2.30. The molecule has 1 aromatic carbocycles. The molecule has 7 heteroatoms. The van der Waals surface area contributed by atoms with Crippen molar-refractivity contribution in [1.29, 1.82) is 0 Å². The number of benzene rings is 1. The van der Waals surface area contributed by atoms with E-state index in [4.69, 9.17) is 18.6 Å². The van der Waals surface area contributed by atoms with Gasteiger partial charge in [-0.3, -0.25) is 0 Å². The number of furan rings is 1. The van der Waals surface area contributed by atoms with Gasteiger partial charge in [0.1, 0.15) is 5.76 Å². The lowest BCUT2D eigenvalue weighted by atomic mass is 10.2. The molecule has 1 unspecified atom stereocenters. The highest BCUT2D eigenvalue weighted by Gasteiger charge is 2.24. The Morgan fingerprint density at radius 3 is 2.89 bits per heavy atom. The molecule has 2 aromatic rings. The predicted octanol–water partition coefficient (Wildman–Crippen LogP) is 3.90. The minimum Gasteiger partial charge on any atom is -0.493 e. The van der Waals surface area contributed by atoms with Crippen LogP contribution in [0.25, 0.3) is 0 Å². The summed E-state index contributed by atoms with van der Waals surface area (Å²) in [5.41, 5.74) is 0.640. The zero-order chi connectivity index (χ0) is 19.1. The number of ether oxygens (including phenoxy) is 3. The number of hydrogen-bond acceptors (Lipinski definition) is 5. The lowest BCUT2D eigenvalue weighted by Crippen LogP contribution is -2.39. The molecule has 0 radical (unpaired) electrons. The molecular weight excluding hydrogens is 348 g/mol. The van der Waals surface area contributed by atoms with Crippen molar-refractivity contribution in [3.8, 4) is 11.5 Å². The summed E-state index contributed by atoms with van der Waals surface area (Å²) in [6, 6.07) is 8.78. The molecule has 7 nitrogen and oxygen atoms in total. The van der Waals surface area contributed by atoms with Gasteiger partial charge in [-0.15, -0.1) is 0 Å². The monoisotopic (exact) mass is 374 g/mol. The van der Waals surface area contributed by atoms with Crippen LogP contribution in [-0.4, -0.2) is 43.9 Å². The van der Waals surface area contributed by atoms with E-state index < -0.39 is 0 Å². The number of hydrogen-bond donors (Lipinski definition) is 1. The lowest BCUT2D eigenvalue weighted by Gasteiger charge is -2.25. The summed E-state index contributed by atoms with van der Waals surface area (Å²) < 4.78 is 22.0. The van der Waals surface area contributed by atoms with E-state index in [-0.39, 0.29) is 12.1 Å². The van der Waals surface area contributed by atoms with Crippen molar-refractivity contribution in [3.05, 3.63) is 42.4 Å². The molecule has 0 spiro atoms. The Morgan fingerprint density at radius 2 is 2.22 bits per heavy atom. The maximum atomic E-state index is 12.9. The molecule has 146 valence electrons. The molecule has 1 fully saturated rings. The SMILES string of the molecule is CCOc1cc(NC(=O)N(Cc2ccco2)CC2CCCO2)ccc1OC. The third-order valence-electron chi connectivity index (χ3n) is 4.38. The van der Waals surface area contributed by atoms with Gasteiger partial charge >= 0.3 is 6.03 Å². The minimum atomic E-state index is -0.213. The fourth-order valence-corrected chi connectivity index (χ4v) is 3.07. The summed E-state index contributed by atoms with van der Waals surface area (Å²) in [4.78, 5) is 14.6. The maximum absolute atomic E-state index is 12.9. The fraction of sp³-hybridized carbons (Fsp3) is 0.450. The third kappa shape index (κ3) is 5.17. The van der Waals surface area contributed by atoms with Gasteiger partial charge < -0.3 is 28.8 Å². The Kier molecular flexibility index (Phi) is 6.59. The molecular formula is C20H26N2O5. The number of anilines is 1. The van der Waals surface area contributed by atoms with Crippen molar-refractivity contribution in [1.82, 2.24) is 4.90 Å². The fourth-order valence-electron chi connectivity index (χ4n) is 3.07.